The second kappa shape index (κ2) is 34.5. The summed E-state index contributed by atoms with van der Waals surface area (Å²) in [6.07, 6.45) is 0. The lowest BCUT2D eigenvalue weighted by Gasteiger charge is -2.21. The summed E-state index contributed by atoms with van der Waals surface area (Å²) in [5.41, 5.74) is 27.0. The highest BCUT2D eigenvalue weighted by Gasteiger charge is 2.32. The van der Waals surface area contributed by atoms with E-state index >= 15 is 0 Å². The Hall–Kier alpha value is -18.1. The molecular formula is C121H85N13. The first-order chi connectivity index (χ1) is 65.4. The number of hydrogen-bond acceptors (Lipinski definition) is 7. The number of nitriles is 4. The van der Waals surface area contributed by atoms with Gasteiger partial charge in [0, 0.05) is 76.6 Å². The molecule has 0 bridgehead atoms. The number of nitrogens with zero attached hydrogens (tertiary/aromatic N) is 13. The van der Waals surface area contributed by atoms with Crippen molar-refractivity contribution < 1.29 is 0 Å². The average molecular weight is 1720 g/mol. The molecule has 0 aliphatic heterocycles. The van der Waals surface area contributed by atoms with E-state index in [-0.39, 0.29) is 22.1 Å². The quantitative estimate of drug-likeness (QED) is 0.116. The maximum Gasteiger partial charge on any atom is 0.238 e. The second-order valence-electron chi connectivity index (χ2n) is 35.6. The Kier molecular flexibility index (Phi) is 21.6. The Morgan fingerprint density at radius 3 is 0.955 bits per heavy atom. The molecule has 17 aromatic carbocycles. The van der Waals surface area contributed by atoms with Gasteiger partial charge in [-0.1, -0.05) is 315 Å². The molecule has 5 aromatic heterocycles. The average Bonchev–Trinajstić information content (AvgIpc) is 1.52. The van der Waals surface area contributed by atoms with Gasteiger partial charge in [0.25, 0.3) is 0 Å². The summed E-state index contributed by atoms with van der Waals surface area (Å²) in [5.74, 6) is 1.87. The van der Waals surface area contributed by atoms with Crippen molar-refractivity contribution in [1.82, 2.24) is 33.2 Å². The summed E-state index contributed by atoms with van der Waals surface area (Å²) in [6, 6.07) is 136. The third kappa shape index (κ3) is 14.7. The molecular weight excluding hydrogens is 1640 g/mol. The van der Waals surface area contributed by atoms with Crippen LogP contribution < -0.4 is 0 Å². The maximum atomic E-state index is 11.0. The molecule has 13 nitrogen and oxygen atoms in total. The van der Waals surface area contributed by atoms with Crippen LogP contribution in [0.25, 0.3) is 198 Å². The molecule has 0 aliphatic rings. The van der Waals surface area contributed by atoms with Gasteiger partial charge in [0.2, 0.25) is 17.3 Å². The van der Waals surface area contributed by atoms with Gasteiger partial charge in [-0.25, -0.2) is 14.7 Å². The summed E-state index contributed by atoms with van der Waals surface area (Å²) >= 11 is 0. The van der Waals surface area contributed by atoms with E-state index in [0.717, 1.165) is 121 Å². The predicted octanol–water partition coefficient (Wildman–Crippen LogP) is 31.1. The van der Waals surface area contributed by atoms with E-state index in [1.807, 2.05) is 158 Å². The van der Waals surface area contributed by atoms with Crippen LogP contribution in [0, 0.1) is 72.3 Å². The predicted molar refractivity (Wildman–Crippen MR) is 546 cm³/mol. The van der Waals surface area contributed by atoms with Crippen molar-refractivity contribution in [3.8, 4) is 126 Å². The zero-order valence-corrected chi connectivity index (χ0v) is 75.0. The molecule has 22 aromatic rings. The molecule has 0 radical (unpaired) electrons. The van der Waals surface area contributed by atoms with E-state index in [1.165, 1.54) is 38.5 Å². The molecule has 0 saturated carbocycles. The van der Waals surface area contributed by atoms with Crippen LogP contribution in [0.3, 0.4) is 0 Å². The van der Waals surface area contributed by atoms with Crippen molar-refractivity contribution >= 4 is 98.6 Å². The monoisotopic (exact) mass is 1720 g/mol. The van der Waals surface area contributed by atoms with E-state index in [9.17, 15) is 21.0 Å². The van der Waals surface area contributed by atoms with E-state index in [1.54, 1.807) is 13.8 Å². The fraction of sp³-hybridized carbons (Fsp3) is 0.0826. The molecule has 0 unspecified atom stereocenters. The van der Waals surface area contributed by atoms with E-state index < -0.39 is 0 Å². The third-order valence-corrected chi connectivity index (χ3v) is 25.7. The number of hydrogen-bond donors (Lipinski definition) is 0. The largest absolute Gasteiger partial charge is 0.318 e. The van der Waals surface area contributed by atoms with Crippen molar-refractivity contribution in [3.63, 3.8) is 0 Å². The Morgan fingerprint density at radius 1 is 0.254 bits per heavy atom. The van der Waals surface area contributed by atoms with Crippen LogP contribution in [0.5, 0.6) is 0 Å². The molecule has 134 heavy (non-hydrogen) atoms. The molecule has 0 amide bonds. The first-order valence-electron chi connectivity index (χ1n) is 44.5. The van der Waals surface area contributed by atoms with Crippen LogP contribution in [0.15, 0.2) is 370 Å². The second-order valence-corrected chi connectivity index (χ2v) is 35.6. The minimum Gasteiger partial charge on any atom is -0.318 e. The van der Waals surface area contributed by atoms with Gasteiger partial charge in [-0.3, -0.25) is 4.57 Å². The third-order valence-electron chi connectivity index (χ3n) is 25.7. The Balaban J connectivity index is 0.000000127. The lowest BCUT2D eigenvalue weighted by Crippen LogP contribution is -2.10. The lowest BCUT2D eigenvalue weighted by atomic mass is 9.85. The molecule has 22 rings (SSSR count). The molecule has 0 spiro atoms. The van der Waals surface area contributed by atoms with Crippen molar-refractivity contribution in [1.29, 1.82) is 21.0 Å². The van der Waals surface area contributed by atoms with Crippen LogP contribution in [0.1, 0.15) is 86.1 Å². The van der Waals surface area contributed by atoms with E-state index in [2.05, 4.69) is 306 Å². The fourth-order valence-electron chi connectivity index (χ4n) is 19.1. The highest BCUT2D eigenvalue weighted by molar-refractivity contribution is 6.16. The minimum atomic E-state index is -0.0225. The van der Waals surface area contributed by atoms with Crippen molar-refractivity contribution in [3.05, 3.63) is 437 Å². The number of rotatable bonds is 11. The zero-order valence-electron chi connectivity index (χ0n) is 75.0. The highest BCUT2D eigenvalue weighted by atomic mass is 15.2. The molecule has 634 valence electrons. The summed E-state index contributed by atoms with van der Waals surface area (Å²) < 4.78 is 8.63. The first kappa shape index (κ1) is 84.1. The summed E-state index contributed by atoms with van der Waals surface area (Å²) in [7, 11) is 0. The molecule has 0 fully saturated rings. The van der Waals surface area contributed by atoms with Gasteiger partial charge in [0.1, 0.15) is 12.1 Å². The molecule has 0 N–H and O–H groups in total. The topological polar surface area (TPSA) is 162 Å². The number of fused-ring (bicyclic) bond motifs is 12. The summed E-state index contributed by atoms with van der Waals surface area (Å²) in [5, 5.41) is 50.7. The SMILES string of the molecule is [C-]#[N+]c1c(-c2ccccc2)c(C#N)c(-c2ccccc2)c(C#N)c1-n1c2ccc(-c3ccccc3)cc2c2cc(-c3ccccc3)ccc21.[C-]#[N+]c1c(C)c(C#N)c(C)c(C#N)c1-n1c2ccc(C(C)(C)C)cc2c2cc(C(C)(C)C)ccc21.c1ccc(-c2nc(-c3ccccc3)nc(-n3c4ccccc4c4cc(-c5ccc6c(c5)c5ccccc5n6-c5ccccc5)ccc43)n2)cc1. The van der Waals surface area contributed by atoms with Crippen molar-refractivity contribution in [2.24, 2.45) is 0 Å². The van der Waals surface area contributed by atoms with E-state index in [0.29, 0.717) is 73.6 Å². The van der Waals surface area contributed by atoms with E-state index in [4.69, 9.17) is 28.1 Å². The minimum absolute atomic E-state index is 0.0225. The van der Waals surface area contributed by atoms with Gasteiger partial charge in [-0.2, -0.15) is 31.0 Å². The highest BCUT2D eigenvalue weighted by Crippen LogP contribution is 2.51. The van der Waals surface area contributed by atoms with Gasteiger partial charge in [-0.15, -0.1) is 0 Å². The van der Waals surface area contributed by atoms with Crippen LogP contribution in [-0.4, -0.2) is 33.2 Å². The number of benzene rings is 17. The van der Waals surface area contributed by atoms with Gasteiger partial charge in [0.05, 0.1) is 97.5 Å². The molecule has 0 atom stereocenters. The Bertz CT molecular complexity index is 8410. The summed E-state index contributed by atoms with van der Waals surface area (Å²) in [4.78, 5) is 23.1. The van der Waals surface area contributed by atoms with Crippen molar-refractivity contribution in [2.75, 3.05) is 0 Å². The molecule has 0 aliphatic carbocycles. The first-order valence-corrected chi connectivity index (χ1v) is 44.5. The van der Waals surface area contributed by atoms with Crippen molar-refractivity contribution in [2.45, 2.75) is 66.2 Å². The maximum absolute atomic E-state index is 11.0. The fourth-order valence-corrected chi connectivity index (χ4v) is 19.1. The van der Waals surface area contributed by atoms with Crippen LogP contribution in [0.4, 0.5) is 11.4 Å². The molecule has 5 heterocycles. The normalized spacial score (nSPS) is 11.4. The number of aromatic nitrogens is 7. The van der Waals surface area contributed by atoms with Gasteiger partial charge >= 0.3 is 0 Å². The number of para-hydroxylation sites is 3. The summed E-state index contributed by atoms with van der Waals surface area (Å²) in [6.45, 7) is 33.4. The van der Waals surface area contributed by atoms with Crippen LogP contribution >= 0.6 is 0 Å². The van der Waals surface area contributed by atoms with Gasteiger partial charge in [0.15, 0.2) is 11.6 Å². The van der Waals surface area contributed by atoms with Crippen LogP contribution in [0.2, 0.25) is 0 Å². The molecule has 13 heteroatoms. The van der Waals surface area contributed by atoms with Gasteiger partial charge < -0.3 is 13.7 Å². The lowest BCUT2D eigenvalue weighted by molar-refractivity contribution is 0.590. The standard InChI is InChI=1S/C45H29N5.C45H26N4.C31H30N4/c1-4-14-30(15-5-1)43-46-44(31-16-6-2-7-17-31)48-45(47-43)50-40-23-13-11-21-36(40)38-29-33(25-27-42(38)50)32-24-26-41-37(28-32)35-20-10-12-22-39(35)49(41)34-18-8-3-9-19-34;1-48-44-43(33-20-12-5-13-21-33)38(28-46)42(32-18-10-4-11-19-32)39(29-47)45(44)49-40-24-22-34(30-14-6-2-7-15-30)26-36(40)37-27-35(23-25-41(37)49)31-16-8-3-9-17-31;1-18-24(16-32)19(2)28(34-9)29(25(18)17-33)35-26-12-10-20(30(3,4)5)14-22(26)23-15-21(31(6,7)8)11-13-27(23)35/h1-29H;2-27H;10-15H,1-8H3. The van der Waals surface area contributed by atoms with Gasteiger partial charge in [-0.05, 0) is 189 Å². The smallest absolute Gasteiger partial charge is 0.238 e. The molecule has 0 saturated heterocycles. The Labute approximate surface area is 777 Å². The zero-order chi connectivity index (χ0) is 92.2. The van der Waals surface area contributed by atoms with Crippen LogP contribution in [-0.2, 0) is 10.8 Å². The Morgan fingerprint density at radius 2 is 0.560 bits per heavy atom.